The number of nitrogens with one attached hydrogen (secondary N) is 3. The Morgan fingerprint density at radius 3 is 2.33 bits per heavy atom. The number of imidazole rings is 2. The van der Waals surface area contributed by atoms with Gasteiger partial charge in [0.05, 0.1) is 70.2 Å². The molecule has 25 nitrogen and oxygen atoms in total. The highest BCUT2D eigenvalue weighted by Crippen LogP contribution is 2.50. The van der Waals surface area contributed by atoms with Crippen LogP contribution in [0.5, 0.6) is 0 Å². The SMILES string of the molecule is CC(C)C(=O)Nc1nc2c(ncn2C2OC(CO)C(CO)C2OP(OCCC#N)OCC2OC(n3cnc4c(NC(=O)c5ccccc5)ncnc43)C(CO)C2O[P+](=O)O)c(=O)[nH]1. The molecule has 2 aliphatic rings. The van der Waals surface area contributed by atoms with Crippen LogP contribution < -0.4 is 16.2 Å². The summed E-state index contributed by atoms with van der Waals surface area (Å²) in [6.45, 7) is 0.876. The molecule has 7 rings (SSSR count). The molecule has 6 heterocycles. The summed E-state index contributed by atoms with van der Waals surface area (Å²) in [5, 5.41) is 46.0. The van der Waals surface area contributed by atoms with Crippen molar-refractivity contribution < 1.29 is 61.9 Å². The quantitative estimate of drug-likeness (QED) is 0.0455. The van der Waals surface area contributed by atoms with E-state index in [2.05, 4.69) is 40.5 Å². The zero-order valence-electron chi connectivity index (χ0n) is 33.4. The van der Waals surface area contributed by atoms with E-state index in [0.29, 0.717) is 5.56 Å². The average molecular weight is 915 g/mol. The number of aliphatic hydroxyl groups excluding tert-OH is 3. The van der Waals surface area contributed by atoms with Gasteiger partial charge in [-0.15, -0.1) is 9.42 Å². The molecule has 2 aliphatic heterocycles. The van der Waals surface area contributed by atoms with Gasteiger partial charge in [0.2, 0.25) is 11.9 Å². The lowest BCUT2D eigenvalue weighted by molar-refractivity contribution is -0.118. The van der Waals surface area contributed by atoms with Crippen molar-refractivity contribution in [3.8, 4) is 6.07 Å². The van der Waals surface area contributed by atoms with Gasteiger partial charge in [-0.2, -0.15) is 10.2 Å². The average Bonchev–Trinajstić information content (AvgIpc) is 4.06. The number of hydrogen-bond donors (Lipinski definition) is 7. The van der Waals surface area contributed by atoms with Crippen molar-refractivity contribution in [2.24, 2.45) is 17.8 Å². The molecule has 2 fully saturated rings. The minimum atomic E-state index is -3.26. The van der Waals surface area contributed by atoms with Crippen molar-refractivity contribution in [2.45, 2.75) is 57.1 Å². The molecule has 334 valence electrons. The number of rotatable bonds is 19. The maximum Gasteiger partial charge on any atom is 0.695 e. The number of fused-ring (bicyclic) bond motifs is 2. The fourth-order valence-electron chi connectivity index (χ4n) is 7.01. The number of anilines is 2. The minimum Gasteiger partial charge on any atom is -0.396 e. The van der Waals surface area contributed by atoms with Crippen LogP contribution in [-0.2, 0) is 36.9 Å². The van der Waals surface area contributed by atoms with Gasteiger partial charge in [-0.3, -0.25) is 33.8 Å². The molecule has 5 aromatic rings. The second-order valence-electron chi connectivity index (χ2n) is 14.4. The Balaban J connectivity index is 1.15. The largest absolute Gasteiger partial charge is 0.695 e. The van der Waals surface area contributed by atoms with E-state index in [1.165, 1.54) is 28.1 Å². The molecule has 1 aromatic carbocycles. The molecule has 0 spiro atoms. The molecule has 0 radical (unpaired) electrons. The van der Waals surface area contributed by atoms with E-state index in [1.54, 1.807) is 44.2 Å². The van der Waals surface area contributed by atoms with Crippen molar-refractivity contribution in [2.75, 3.05) is 43.7 Å². The lowest BCUT2D eigenvalue weighted by Crippen LogP contribution is -2.34. The lowest BCUT2D eigenvalue weighted by Gasteiger charge is -2.27. The Kier molecular flexibility index (Phi) is 14.8. The number of carbonyl (C=O) groups excluding carboxylic acids is 2. The highest BCUT2D eigenvalue weighted by molar-refractivity contribution is 7.41. The molecule has 2 saturated heterocycles. The van der Waals surface area contributed by atoms with Crippen LogP contribution in [0.25, 0.3) is 22.3 Å². The molecule has 0 saturated carbocycles. The fraction of sp³-hybridized carbons (Fsp3) is 0.472. The van der Waals surface area contributed by atoms with Gasteiger partial charge in [0, 0.05) is 22.0 Å². The Morgan fingerprint density at radius 1 is 0.937 bits per heavy atom. The first-order valence-electron chi connectivity index (χ1n) is 19.3. The van der Waals surface area contributed by atoms with Crippen LogP contribution in [0.15, 0.2) is 54.1 Å². The lowest BCUT2D eigenvalue weighted by atomic mass is 9.99. The molecule has 0 aliphatic carbocycles. The number of amides is 2. The highest BCUT2D eigenvalue weighted by Gasteiger charge is 2.52. The summed E-state index contributed by atoms with van der Waals surface area (Å²) >= 11 is 0. The smallest absolute Gasteiger partial charge is 0.396 e. The van der Waals surface area contributed by atoms with E-state index in [9.17, 15) is 44.4 Å². The number of H-pyrrole nitrogens is 1. The Bertz CT molecular complexity index is 2520. The number of nitrogens with zero attached hydrogens (tertiary/aromatic N) is 8. The molecular formula is C36H42N11O14P2+. The summed E-state index contributed by atoms with van der Waals surface area (Å²) in [7, 11) is -5.78. The first-order valence-corrected chi connectivity index (χ1v) is 21.6. The second kappa shape index (κ2) is 20.5. The van der Waals surface area contributed by atoms with Crippen LogP contribution in [0.1, 0.15) is 43.1 Å². The number of hydrogen-bond acceptors (Lipinski definition) is 19. The molecule has 0 bridgehead atoms. The van der Waals surface area contributed by atoms with Crippen molar-refractivity contribution >= 4 is 62.8 Å². The van der Waals surface area contributed by atoms with E-state index in [1.807, 2.05) is 6.07 Å². The maximum atomic E-state index is 13.0. The van der Waals surface area contributed by atoms with Crippen LogP contribution in [0.2, 0.25) is 0 Å². The van der Waals surface area contributed by atoms with Gasteiger partial charge in [0.15, 0.2) is 40.5 Å². The van der Waals surface area contributed by atoms with Gasteiger partial charge >= 0.3 is 16.9 Å². The predicted octanol–water partition coefficient (Wildman–Crippen LogP) is 1.40. The van der Waals surface area contributed by atoms with E-state index in [4.69, 9.17) is 27.6 Å². The minimum absolute atomic E-state index is 0.0381. The molecule has 63 heavy (non-hydrogen) atoms. The Hall–Kier alpha value is -5.32. The molecule has 7 N–H and O–H groups in total. The van der Waals surface area contributed by atoms with Crippen molar-refractivity contribution in [3.63, 3.8) is 0 Å². The van der Waals surface area contributed by atoms with Gasteiger partial charge in [-0.1, -0.05) is 32.0 Å². The third-order valence-corrected chi connectivity index (χ3v) is 11.7. The van der Waals surface area contributed by atoms with E-state index in [0.717, 1.165) is 0 Å². The second-order valence-corrected chi connectivity index (χ2v) is 16.3. The summed E-state index contributed by atoms with van der Waals surface area (Å²) in [6.07, 6.45) is -3.43. The topological polar surface area (TPSA) is 343 Å². The zero-order chi connectivity index (χ0) is 44.8. The molecule has 10 atom stereocenters. The summed E-state index contributed by atoms with van der Waals surface area (Å²) in [4.78, 5) is 72.2. The van der Waals surface area contributed by atoms with Gasteiger partial charge in [-0.25, -0.2) is 19.9 Å². The molecular weight excluding hydrogens is 872 g/mol. The van der Waals surface area contributed by atoms with Crippen LogP contribution in [-0.4, -0.2) is 129 Å². The van der Waals surface area contributed by atoms with Crippen molar-refractivity contribution in [3.05, 3.63) is 65.2 Å². The standard InChI is InChI=1S/C36H41N11O14P2/c1-18(2)31(51)44-36-43-30-25(33(53)45-36)41-17-47(30)35-27(20(11-48)22(13-50)58-35)61-63(56-10-6-9-37)57-14-23-26(60-62(54)55)21(12-49)34(59-23)46-16-40-24-28(38-15-39-29(24)46)42-32(52)19-7-4-3-5-8-19/h3-5,7-8,15-18,20-23,26-27,34-35,48-50H,6,10-14H2,1-2H3,(H3-,38,39,42,43,44,45,51,52,53,54,55)/p+1. The first-order chi connectivity index (χ1) is 30.5. The molecule has 2 amide bonds. The number of carbonyl (C=O) groups is 2. The van der Waals surface area contributed by atoms with E-state index < -0.39 is 115 Å². The van der Waals surface area contributed by atoms with Gasteiger partial charge in [0.1, 0.15) is 24.8 Å². The molecule has 10 unspecified atom stereocenters. The molecule has 27 heteroatoms. The number of aromatic amines is 1. The Labute approximate surface area is 358 Å². The maximum absolute atomic E-state index is 13.0. The zero-order valence-corrected chi connectivity index (χ0v) is 35.2. The fourth-order valence-corrected chi connectivity index (χ4v) is 8.67. The third kappa shape index (κ3) is 9.92. The number of benzene rings is 1. The summed E-state index contributed by atoms with van der Waals surface area (Å²) in [5.74, 6) is -3.38. The van der Waals surface area contributed by atoms with Crippen LogP contribution in [0.3, 0.4) is 0 Å². The summed E-state index contributed by atoms with van der Waals surface area (Å²) in [5.41, 5.74) is -0.127. The van der Waals surface area contributed by atoms with Crippen LogP contribution in [0, 0.1) is 29.1 Å². The highest BCUT2D eigenvalue weighted by atomic mass is 31.2. The molecule has 4 aromatic heterocycles. The van der Waals surface area contributed by atoms with Gasteiger partial charge < -0.3 is 43.7 Å². The Morgan fingerprint density at radius 2 is 1.65 bits per heavy atom. The number of nitriles is 1. The number of ether oxygens (including phenoxy) is 2. The normalized spacial score (nSPS) is 24.2. The van der Waals surface area contributed by atoms with Crippen molar-refractivity contribution in [1.29, 1.82) is 5.26 Å². The van der Waals surface area contributed by atoms with Crippen LogP contribution >= 0.6 is 16.9 Å². The van der Waals surface area contributed by atoms with Crippen molar-refractivity contribution in [1.82, 2.24) is 39.0 Å². The van der Waals surface area contributed by atoms with E-state index in [-0.39, 0.29) is 47.1 Å². The predicted molar refractivity (Wildman–Crippen MR) is 216 cm³/mol. The van der Waals surface area contributed by atoms with Crippen LogP contribution in [0.4, 0.5) is 11.8 Å². The summed E-state index contributed by atoms with van der Waals surface area (Å²) < 4.78 is 51.1. The monoisotopic (exact) mass is 914 g/mol. The number of aliphatic hydroxyl groups is 3. The first kappa shape index (κ1) is 45.7. The number of aromatic nitrogens is 8. The third-order valence-electron chi connectivity index (χ3n) is 10.1. The van der Waals surface area contributed by atoms with E-state index >= 15 is 0 Å². The summed E-state index contributed by atoms with van der Waals surface area (Å²) in [6, 6.07) is 10.4. The van der Waals surface area contributed by atoms with Gasteiger partial charge in [-0.05, 0) is 12.1 Å². The van der Waals surface area contributed by atoms with Gasteiger partial charge in [0.25, 0.3) is 11.5 Å².